The van der Waals surface area contributed by atoms with Crippen molar-refractivity contribution in [1.82, 2.24) is 14.9 Å². The molecule has 1 aliphatic heterocycles. The summed E-state index contributed by atoms with van der Waals surface area (Å²) in [5.74, 6) is 1.96. The second kappa shape index (κ2) is 6.71. The van der Waals surface area contributed by atoms with E-state index in [1.165, 1.54) is 25.8 Å². The Labute approximate surface area is 130 Å². The van der Waals surface area contributed by atoms with E-state index in [4.69, 9.17) is 9.97 Å². The van der Waals surface area contributed by atoms with Gasteiger partial charge in [0.2, 0.25) is 0 Å². The molecule has 4 nitrogen and oxygen atoms in total. The molecule has 3 heterocycles. The molecule has 0 aliphatic carbocycles. The highest BCUT2D eigenvalue weighted by Gasteiger charge is 2.20. The maximum atomic E-state index is 4.78. The molecule has 1 aliphatic rings. The SMILES string of the molecule is CCCNc1nc(CN2CCCCC2C)nc2sccc12. The van der Waals surface area contributed by atoms with Crippen LogP contribution in [0.1, 0.15) is 45.4 Å². The van der Waals surface area contributed by atoms with Gasteiger partial charge in [0.1, 0.15) is 16.5 Å². The molecular weight excluding hydrogens is 280 g/mol. The lowest BCUT2D eigenvalue weighted by Crippen LogP contribution is -2.37. The standard InChI is InChI=1S/C16H24N4S/c1-3-8-17-15-13-7-10-21-16(13)19-14(18-15)11-20-9-5-4-6-12(20)2/h7,10,12H,3-6,8-9,11H2,1-2H3,(H,17,18,19). The van der Waals surface area contributed by atoms with Crippen LogP contribution >= 0.6 is 11.3 Å². The van der Waals surface area contributed by atoms with Crippen LogP contribution in [-0.4, -0.2) is 34.0 Å². The van der Waals surface area contributed by atoms with Crippen molar-refractivity contribution >= 4 is 27.4 Å². The number of nitrogens with zero attached hydrogens (tertiary/aromatic N) is 3. The van der Waals surface area contributed by atoms with Crippen molar-refractivity contribution in [3.05, 3.63) is 17.3 Å². The van der Waals surface area contributed by atoms with Crippen molar-refractivity contribution in [2.45, 2.75) is 52.1 Å². The summed E-state index contributed by atoms with van der Waals surface area (Å²) in [6, 6.07) is 2.76. The normalized spacial score (nSPS) is 20.0. The molecule has 1 atom stereocenters. The Morgan fingerprint density at radius 3 is 3.10 bits per heavy atom. The van der Waals surface area contributed by atoms with E-state index in [0.717, 1.165) is 41.4 Å². The van der Waals surface area contributed by atoms with Crippen LogP contribution in [0, 0.1) is 0 Å². The van der Waals surface area contributed by atoms with Crippen LogP contribution in [-0.2, 0) is 6.54 Å². The number of nitrogens with one attached hydrogen (secondary N) is 1. The third-order valence-corrected chi connectivity index (χ3v) is 5.01. The third-order valence-electron chi connectivity index (χ3n) is 4.20. The van der Waals surface area contributed by atoms with Crippen LogP contribution in [0.3, 0.4) is 0 Å². The second-order valence-corrected chi connectivity index (χ2v) is 6.76. The molecule has 1 saturated heterocycles. The van der Waals surface area contributed by atoms with Crippen molar-refractivity contribution in [2.75, 3.05) is 18.4 Å². The first-order chi connectivity index (χ1) is 10.3. The third kappa shape index (κ3) is 3.35. The zero-order valence-corrected chi connectivity index (χ0v) is 13.7. The summed E-state index contributed by atoms with van der Waals surface area (Å²) in [6.45, 7) is 7.50. The van der Waals surface area contributed by atoms with E-state index in [1.54, 1.807) is 11.3 Å². The zero-order valence-electron chi connectivity index (χ0n) is 12.9. The summed E-state index contributed by atoms with van der Waals surface area (Å²) >= 11 is 1.70. The lowest BCUT2D eigenvalue weighted by molar-refractivity contribution is 0.149. The van der Waals surface area contributed by atoms with E-state index in [9.17, 15) is 0 Å². The summed E-state index contributed by atoms with van der Waals surface area (Å²) in [4.78, 5) is 13.2. The second-order valence-electron chi connectivity index (χ2n) is 5.87. The molecule has 114 valence electrons. The summed E-state index contributed by atoms with van der Waals surface area (Å²) in [6.07, 6.45) is 5.05. The Balaban J connectivity index is 1.84. The smallest absolute Gasteiger partial charge is 0.146 e. The van der Waals surface area contributed by atoms with Gasteiger partial charge in [-0.1, -0.05) is 13.3 Å². The highest BCUT2D eigenvalue weighted by atomic mass is 32.1. The van der Waals surface area contributed by atoms with Crippen molar-refractivity contribution in [2.24, 2.45) is 0 Å². The van der Waals surface area contributed by atoms with E-state index in [2.05, 4.69) is 35.5 Å². The lowest BCUT2D eigenvalue weighted by Gasteiger charge is -2.32. The molecular formula is C16H24N4S. The molecule has 0 bridgehead atoms. The monoisotopic (exact) mass is 304 g/mol. The first-order valence-electron chi connectivity index (χ1n) is 8.00. The van der Waals surface area contributed by atoms with Crippen LogP contribution in [0.15, 0.2) is 11.4 Å². The largest absolute Gasteiger partial charge is 0.369 e. The fourth-order valence-corrected chi connectivity index (χ4v) is 3.71. The predicted molar refractivity (Wildman–Crippen MR) is 89.9 cm³/mol. The number of hydrogen-bond acceptors (Lipinski definition) is 5. The van der Waals surface area contributed by atoms with Gasteiger partial charge in [0.25, 0.3) is 0 Å². The average Bonchev–Trinajstić information content (AvgIpc) is 2.95. The van der Waals surface area contributed by atoms with E-state index in [0.29, 0.717) is 6.04 Å². The van der Waals surface area contributed by atoms with E-state index < -0.39 is 0 Å². The van der Waals surface area contributed by atoms with Crippen LogP contribution in [0.4, 0.5) is 5.82 Å². The number of hydrogen-bond donors (Lipinski definition) is 1. The van der Waals surface area contributed by atoms with Gasteiger partial charge in [-0.05, 0) is 44.2 Å². The molecule has 1 fully saturated rings. The molecule has 21 heavy (non-hydrogen) atoms. The Hall–Kier alpha value is -1.20. The Morgan fingerprint density at radius 1 is 1.38 bits per heavy atom. The van der Waals surface area contributed by atoms with Gasteiger partial charge in [0, 0.05) is 12.6 Å². The Kier molecular flexibility index (Phi) is 4.70. The molecule has 0 saturated carbocycles. The molecule has 0 aromatic carbocycles. The quantitative estimate of drug-likeness (QED) is 0.910. The van der Waals surface area contributed by atoms with Gasteiger partial charge in [-0.25, -0.2) is 9.97 Å². The van der Waals surface area contributed by atoms with Crippen molar-refractivity contribution in [1.29, 1.82) is 0 Å². The molecule has 1 N–H and O–H groups in total. The van der Waals surface area contributed by atoms with Gasteiger partial charge < -0.3 is 5.32 Å². The average molecular weight is 304 g/mol. The number of likely N-dealkylation sites (tertiary alicyclic amines) is 1. The number of thiophene rings is 1. The van der Waals surface area contributed by atoms with Crippen LogP contribution in [0.25, 0.3) is 10.2 Å². The van der Waals surface area contributed by atoms with E-state index in [1.807, 2.05) is 0 Å². The highest BCUT2D eigenvalue weighted by Crippen LogP contribution is 2.26. The zero-order chi connectivity index (χ0) is 14.7. The van der Waals surface area contributed by atoms with Gasteiger partial charge in [0.05, 0.1) is 11.9 Å². The topological polar surface area (TPSA) is 41.1 Å². The summed E-state index contributed by atoms with van der Waals surface area (Å²) in [5.41, 5.74) is 0. The van der Waals surface area contributed by atoms with Crippen molar-refractivity contribution < 1.29 is 0 Å². The molecule has 1 unspecified atom stereocenters. The minimum Gasteiger partial charge on any atom is -0.369 e. The maximum Gasteiger partial charge on any atom is 0.146 e. The van der Waals surface area contributed by atoms with Gasteiger partial charge >= 0.3 is 0 Å². The van der Waals surface area contributed by atoms with Crippen LogP contribution < -0.4 is 5.32 Å². The molecule has 5 heteroatoms. The number of rotatable bonds is 5. The van der Waals surface area contributed by atoms with E-state index >= 15 is 0 Å². The van der Waals surface area contributed by atoms with Gasteiger partial charge in [-0.2, -0.15) is 0 Å². The predicted octanol–water partition coefficient (Wildman–Crippen LogP) is 3.89. The first-order valence-corrected chi connectivity index (χ1v) is 8.88. The molecule has 2 aromatic rings. The summed E-state index contributed by atoms with van der Waals surface area (Å²) in [5, 5.41) is 6.71. The molecule has 0 amide bonds. The van der Waals surface area contributed by atoms with Crippen molar-refractivity contribution in [3.8, 4) is 0 Å². The Bertz CT molecular complexity index is 595. The fourth-order valence-electron chi connectivity index (χ4n) is 2.92. The van der Waals surface area contributed by atoms with Gasteiger partial charge in [-0.15, -0.1) is 11.3 Å². The van der Waals surface area contributed by atoms with Crippen LogP contribution in [0.5, 0.6) is 0 Å². The molecule has 3 rings (SSSR count). The van der Waals surface area contributed by atoms with Crippen molar-refractivity contribution in [3.63, 3.8) is 0 Å². The number of piperidine rings is 1. The van der Waals surface area contributed by atoms with Gasteiger partial charge in [0.15, 0.2) is 0 Å². The van der Waals surface area contributed by atoms with Gasteiger partial charge in [-0.3, -0.25) is 4.90 Å². The maximum absolute atomic E-state index is 4.78. The minimum absolute atomic E-state index is 0.647. The summed E-state index contributed by atoms with van der Waals surface area (Å²) < 4.78 is 0. The molecule has 0 spiro atoms. The molecule has 0 radical (unpaired) electrons. The number of fused-ring (bicyclic) bond motifs is 1. The highest BCUT2D eigenvalue weighted by molar-refractivity contribution is 7.16. The lowest BCUT2D eigenvalue weighted by atomic mass is 10.0. The van der Waals surface area contributed by atoms with E-state index in [-0.39, 0.29) is 0 Å². The minimum atomic E-state index is 0.647. The first kappa shape index (κ1) is 14.7. The number of aromatic nitrogens is 2. The molecule has 2 aromatic heterocycles. The fraction of sp³-hybridized carbons (Fsp3) is 0.625. The summed E-state index contributed by atoms with van der Waals surface area (Å²) in [7, 11) is 0. The Morgan fingerprint density at radius 2 is 2.29 bits per heavy atom. The number of anilines is 1. The van der Waals surface area contributed by atoms with Crippen LogP contribution in [0.2, 0.25) is 0 Å².